The minimum atomic E-state index is -4.61. The maximum absolute atomic E-state index is 13.6. The summed E-state index contributed by atoms with van der Waals surface area (Å²) in [7, 11) is 0. The minimum absolute atomic E-state index is 0.0404. The average Bonchev–Trinajstić information content (AvgIpc) is 2.85. The standard InChI is InChI=1S/C27H31F3N4O2/c1-18(2)17-35-21-12-8-20(9-13-21)33-26-31-16-24(27(28,29)30)25(34-26)32-19-10-14-23(15-11-19)36-22-6-4-3-5-7-22/h8-16,18,22H,3-7,17H2,1-2H3,(H2,31,32,33,34). The van der Waals surface area contributed by atoms with Crippen LogP contribution in [-0.2, 0) is 6.18 Å². The van der Waals surface area contributed by atoms with Crippen LogP contribution in [0, 0.1) is 5.92 Å². The van der Waals surface area contributed by atoms with Crippen molar-refractivity contribution in [2.75, 3.05) is 17.2 Å². The molecule has 1 fully saturated rings. The highest BCUT2D eigenvalue weighted by atomic mass is 19.4. The van der Waals surface area contributed by atoms with Crippen molar-refractivity contribution in [3.05, 3.63) is 60.3 Å². The Labute approximate surface area is 209 Å². The van der Waals surface area contributed by atoms with Crippen LogP contribution in [0.1, 0.15) is 51.5 Å². The molecule has 0 spiro atoms. The molecule has 3 aromatic rings. The van der Waals surface area contributed by atoms with Crippen molar-refractivity contribution in [3.63, 3.8) is 0 Å². The zero-order valence-electron chi connectivity index (χ0n) is 20.4. The number of halogens is 3. The molecule has 6 nitrogen and oxygen atoms in total. The Hall–Kier alpha value is -3.49. The number of anilines is 4. The van der Waals surface area contributed by atoms with E-state index in [0.717, 1.165) is 31.9 Å². The molecule has 0 radical (unpaired) electrons. The third-order valence-electron chi connectivity index (χ3n) is 5.76. The molecule has 1 aliphatic carbocycles. The van der Waals surface area contributed by atoms with E-state index in [1.165, 1.54) is 6.42 Å². The van der Waals surface area contributed by atoms with Crippen LogP contribution in [0.4, 0.5) is 36.3 Å². The Morgan fingerprint density at radius 1 is 0.889 bits per heavy atom. The molecule has 0 saturated heterocycles. The molecule has 1 heterocycles. The number of alkyl halides is 3. The highest BCUT2D eigenvalue weighted by molar-refractivity contribution is 5.63. The quantitative estimate of drug-likeness (QED) is 0.313. The summed E-state index contributed by atoms with van der Waals surface area (Å²) in [5, 5.41) is 5.74. The summed E-state index contributed by atoms with van der Waals surface area (Å²) in [4.78, 5) is 7.98. The molecule has 36 heavy (non-hydrogen) atoms. The highest BCUT2D eigenvalue weighted by Crippen LogP contribution is 2.36. The first kappa shape index (κ1) is 25.6. The lowest BCUT2D eigenvalue weighted by Crippen LogP contribution is -2.19. The Kier molecular flexibility index (Phi) is 8.18. The molecule has 1 saturated carbocycles. The largest absolute Gasteiger partial charge is 0.493 e. The molecule has 0 unspecified atom stereocenters. The molecule has 1 aliphatic rings. The number of nitrogens with one attached hydrogen (secondary N) is 2. The van der Waals surface area contributed by atoms with Gasteiger partial charge < -0.3 is 20.1 Å². The van der Waals surface area contributed by atoms with Crippen LogP contribution in [0.15, 0.2) is 54.7 Å². The van der Waals surface area contributed by atoms with E-state index in [1.54, 1.807) is 48.5 Å². The Balaban J connectivity index is 1.46. The third-order valence-corrected chi connectivity index (χ3v) is 5.76. The lowest BCUT2D eigenvalue weighted by Gasteiger charge is -2.23. The number of rotatable bonds is 9. The summed E-state index contributed by atoms with van der Waals surface area (Å²) in [6.07, 6.45) is 1.96. The van der Waals surface area contributed by atoms with E-state index >= 15 is 0 Å². The topological polar surface area (TPSA) is 68.3 Å². The van der Waals surface area contributed by atoms with Crippen LogP contribution < -0.4 is 20.1 Å². The Morgan fingerprint density at radius 2 is 1.50 bits per heavy atom. The van der Waals surface area contributed by atoms with Gasteiger partial charge in [0.25, 0.3) is 0 Å². The molecule has 192 valence electrons. The van der Waals surface area contributed by atoms with Gasteiger partial charge in [-0.05, 0) is 80.1 Å². The fraction of sp³-hybridized carbons (Fsp3) is 0.407. The molecule has 9 heteroatoms. The number of hydrogen-bond donors (Lipinski definition) is 2. The van der Waals surface area contributed by atoms with Crippen LogP contribution in [0.2, 0.25) is 0 Å². The van der Waals surface area contributed by atoms with Gasteiger partial charge in [0.05, 0.1) is 12.7 Å². The zero-order chi connectivity index (χ0) is 25.5. The lowest BCUT2D eigenvalue weighted by molar-refractivity contribution is -0.137. The monoisotopic (exact) mass is 500 g/mol. The molecule has 2 N–H and O–H groups in total. The normalized spacial score (nSPS) is 14.5. The molecule has 2 aromatic carbocycles. The Morgan fingerprint density at radius 3 is 2.11 bits per heavy atom. The van der Waals surface area contributed by atoms with Gasteiger partial charge in [-0.15, -0.1) is 0 Å². The number of benzene rings is 2. The van der Waals surface area contributed by atoms with Gasteiger partial charge in [-0.3, -0.25) is 0 Å². The van der Waals surface area contributed by atoms with Crippen molar-refractivity contribution in [2.24, 2.45) is 5.92 Å². The molecular formula is C27H31F3N4O2. The zero-order valence-corrected chi connectivity index (χ0v) is 20.4. The molecular weight excluding hydrogens is 469 g/mol. The van der Waals surface area contributed by atoms with Crippen LogP contribution in [-0.4, -0.2) is 22.7 Å². The molecule has 0 aliphatic heterocycles. The summed E-state index contributed by atoms with van der Waals surface area (Å²) in [6.45, 7) is 4.71. The maximum atomic E-state index is 13.6. The van der Waals surface area contributed by atoms with Gasteiger partial charge in [-0.2, -0.15) is 18.2 Å². The minimum Gasteiger partial charge on any atom is -0.493 e. The summed E-state index contributed by atoms with van der Waals surface area (Å²) in [5.74, 6) is 1.52. The van der Waals surface area contributed by atoms with E-state index in [-0.39, 0.29) is 17.9 Å². The molecule has 4 rings (SSSR count). The van der Waals surface area contributed by atoms with Gasteiger partial charge in [0.15, 0.2) is 0 Å². The second-order valence-electron chi connectivity index (χ2n) is 9.34. The average molecular weight is 501 g/mol. The number of aromatic nitrogens is 2. The van der Waals surface area contributed by atoms with Gasteiger partial charge in [0.1, 0.15) is 22.9 Å². The van der Waals surface area contributed by atoms with Gasteiger partial charge >= 0.3 is 6.18 Å². The van der Waals surface area contributed by atoms with E-state index in [9.17, 15) is 13.2 Å². The number of nitrogens with zero attached hydrogens (tertiary/aromatic N) is 2. The molecule has 0 amide bonds. The third kappa shape index (κ3) is 7.26. The van der Waals surface area contributed by atoms with Crippen LogP contribution in [0.25, 0.3) is 0 Å². The van der Waals surface area contributed by atoms with Crippen molar-refractivity contribution in [3.8, 4) is 11.5 Å². The van der Waals surface area contributed by atoms with E-state index in [4.69, 9.17) is 9.47 Å². The lowest BCUT2D eigenvalue weighted by atomic mass is 9.98. The summed E-state index contributed by atoms with van der Waals surface area (Å²) in [6, 6.07) is 14.0. The predicted molar refractivity (Wildman–Crippen MR) is 134 cm³/mol. The summed E-state index contributed by atoms with van der Waals surface area (Å²) < 4.78 is 52.6. The van der Waals surface area contributed by atoms with Gasteiger partial charge in [-0.1, -0.05) is 20.3 Å². The van der Waals surface area contributed by atoms with E-state index in [0.29, 0.717) is 35.4 Å². The second-order valence-corrected chi connectivity index (χ2v) is 9.34. The fourth-order valence-corrected chi connectivity index (χ4v) is 3.90. The van der Waals surface area contributed by atoms with Crippen molar-refractivity contribution < 1.29 is 22.6 Å². The molecule has 0 bridgehead atoms. The number of hydrogen-bond acceptors (Lipinski definition) is 6. The predicted octanol–water partition coefficient (Wildman–Crippen LogP) is 7.73. The molecule has 1 aromatic heterocycles. The molecule has 0 atom stereocenters. The first-order valence-corrected chi connectivity index (χ1v) is 12.2. The summed E-state index contributed by atoms with van der Waals surface area (Å²) in [5.41, 5.74) is 0.141. The van der Waals surface area contributed by atoms with E-state index in [1.807, 2.05) is 0 Å². The van der Waals surface area contributed by atoms with Crippen LogP contribution in [0.3, 0.4) is 0 Å². The van der Waals surface area contributed by atoms with Gasteiger partial charge in [0, 0.05) is 17.6 Å². The first-order chi connectivity index (χ1) is 17.3. The fourth-order valence-electron chi connectivity index (χ4n) is 3.90. The van der Waals surface area contributed by atoms with Crippen molar-refractivity contribution in [1.29, 1.82) is 0 Å². The summed E-state index contributed by atoms with van der Waals surface area (Å²) >= 11 is 0. The van der Waals surface area contributed by atoms with E-state index in [2.05, 4.69) is 34.4 Å². The number of ether oxygens (including phenoxy) is 2. The second kappa shape index (κ2) is 11.5. The van der Waals surface area contributed by atoms with Crippen LogP contribution >= 0.6 is 0 Å². The van der Waals surface area contributed by atoms with Crippen molar-refractivity contribution >= 4 is 23.1 Å². The van der Waals surface area contributed by atoms with Gasteiger partial charge in [-0.25, -0.2) is 4.98 Å². The maximum Gasteiger partial charge on any atom is 0.421 e. The van der Waals surface area contributed by atoms with Gasteiger partial charge in [0.2, 0.25) is 5.95 Å². The van der Waals surface area contributed by atoms with Crippen LogP contribution in [0.5, 0.6) is 11.5 Å². The SMILES string of the molecule is CC(C)COc1ccc(Nc2ncc(C(F)(F)F)c(Nc3ccc(OC4CCCCC4)cc3)n2)cc1. The van der Waals surface area contributed by atoms with E-state index < -0.39 is 11.7 Å². The van der Waals surface area contributed by atoms with Crippen molar-refractivity contribution in [1.82, 2.24) is 9.97 Å². The highest BCUT2D eigenvalue weighted by Gasteiger charge is 2.35. The Bertz CT molecular complexity index is 1110. The van der Waals surface area contributed by atoms with Crippen molar-refractivity contribution in [2.45, 2.75) is 58.2 Å². The first-order valence-electron chi connectivity index (χ1n) is 12.2. The smallest absolute Gasteiger partial charge is 0.421 e.